The fraction of sp³-hybridized carbons (Fsp3) is 0.650. The molecule has 23 heavy (non-hydrogen) atoms. The van der Waals surface area contributed by atoms with Crippen molar-refractivity contribution in [1.29, 1.82) is 0 Å². The summed E-state index contributed by atoms with van der Waals surface area (Å²) in [6, 6.07) is 11.5. The van der Waals surface area contributed by atoms with Gasteiger partial charge in [-0.1, -0.05) is 30.3 Å². The minimum Gasteiger partial charge on any atom is -0.320 e. The van der Waals surface area contributed by atoms with E-state index >= 15 is 0 Å². The molecule has 1 saturated heterocycles. The van der Waals surface area contributed by atoms with Crippen LogP contribution in [0.3, 0.4) is 0 Å². The van der Waals surface area contributed by atoms with Crippen molar-refractivity contribution in [2.75, 3.05) is 6.54 Å². The van der Waals surface area contributed by atoms with Crippen LogP contribution in [0.2, 0.25) is 0 Å². The zero-order chi connectivity index (χ0) is 16.6. The fourth-order valence-electron chi connectivity index (χ4n) is 4.17. The zero-order valence-corrected chi connectivity index (χ0v) is 14.9. The van der Waals surface area contributed by atoms with Gasteiger partial charge in [0.1, 0.15) is 0 Å². The average molecular weight is 314 g/mol. The molecular weight excluding hydrogens is 284 g/mol. The lowest BCUT2D eigenvalue weighted by atomic mass is 9.96. The molecule has 2 amide bonds. The molecule has 0 aromatic heterocycles. The first-order valence-electron chi connectivity index (χ1n) is 9.13. The minimum atomic E-state index is 0.215. The van der Waals surface area contributed by atoms with Gasteiger partial charge in [-0.05, 0) is 64.4 Å². The van der Waals surface area contributed by atoms with Crippen LogP contribution in [0, 0.1) is 11.8 Å². The molecule has 2 atom stereocenters. The molecule has 2 aliphatic rings. The van der Waals surface area contributed by atoms with Gasteiger partial charge in [-0.15, -0.1) is 0 Å². The van der Waals surface area contributed by atoms with E-state index in [9.17, 15) is 4.79 Å². The Morgan fingerprint density at radius 2 is 1.65 bits per heavy atom. The van der Waals surface area contributed by atoms with Crippen LogP contribution in [-0.4, -0.2) is 34.5 Å². The molecule has 1 aromatic carbocycles. The van der Waals surface area contributed by atoms with Gasteiger partial charge in [0, 0.05) is 18.6 Å². The Morgan fingerprint density at radius 1 is 1.04 bits per heavy atom. The van der Waals surface area contributed by atoms with Gasteiger partial charge in [-0.25, -0.2) is 4.79 Å². The highest BCUT2D eigenvalue weighted by atomic mass is 16.2. The van der Waals surface area contributed by atoms with Crippen LogP contribution in [0.15, 0.2) is 30.3 Å². The first-order valence-corrected chi connectivity index (χ1v) is 9.13. The molecule has 1 saturated carbocycles. The Morgan fingerprint density at radius 3 is 2.17 bits per heavy atom. The van der Waals surface area contributed by atoms with Gasteiger partial charge in [0.05, 0.1) is 6.04 Å². The van der Waals surface area contributed by atoms with Crippen LogP contribution < -0.4 is 0 Å². The predicted octanol–water partition coefficient (Wildman–Crippen LogP) is 4.70. The van der Waals surface area contributed by atoms with Crippen molar-refractivity contribution in [2.24, 2.45) is 11.8 Å². The molecule has 2 unspecified atom stereocenters. The number of urea groups is 1. The van der Waals surface area contributed by atoms with E-state index in [1.165, 1.54) is 18.4 Å². The molecule has 0 radical (unpaired) electrons. The molecule has 1 heterocycles. The lowest BCUT2D eigenvalue weighted by molar-refractivity contribution is 0.119. The maximum absolute atomic E-state index is 13.3. The van der Waals surface area contributed by atoms with Crippen molar-refractivity contribution >= 4 is 6.03 Å². The summed E-state index contributed by atoms with van der Waals surface area (Å²) in [6.45, 7) is 9.39. The molecule has 3 nitrogen and oxygen atoms in total. The van der Waals surface area contributed by atoms with Crippen LogP contribution >= 0.6 is 0 Å². The van der Waals surface area contributed by atoms with Gasteiger partial charge in [-0.3, -0.25) is 0 Å². The number of rotatable bonds is 4. The lowest BCUT2D eigenvalue weighted by Crippen LogP contribution is -2.49. The summed E-state index contributed by atoms with van der Waals surface area (Å²) < 4.78 is 0. The summed E-state index contributed by atoms with van der Waals surface area (Å²) in [5.41, 5.74) is 1.29. The second kappa shape index (κ2) is 6.54. The van der Waals surface area contributed by atoms with Gasteiger partial charge < -0.3 is 9.80 Å². The van der Waals surface area contributed by atoms with Gasteiger partial charge in [0.2, 0.25) is 0 Å². The second-order valence-electron chi connectivity index (χ2n) is 7.79. The number of hydrogen-bond donors (Lipinski definition) is 0. The van der Waals surface area contributed by atoms with E-state index in [1.54, 1.807) is 0 Å². The molecule has 2 fully saturated rings. The Hall–Kier alpha value is -1.51. The molecular formula is C20H30N2O. The average Bonchev–Trinajstić information content (AvgIpc) is 3.26. The van der Waals surface area contributed by atoms with Crippen molar-refractivity contribution in [3.8, 4) is 0 Å². The van der Waals surface area contributed by atoms with Crippen molar-refractivity contribution in [3.63, 3.8) is 0 Å². The SMILES string of the molecule is CC(C)N(C(=O)N1CC(C2CC2)CC1c1ccccc1)C(C)C. The topological polar surface area (TPSA) is 23.6 Å². The number of amides is 2. The largest absolute Gasteiger partial charge is 0.320 e. The van der Waals surface area contributed by atoms with Crippen LogP contribution in [-0.2, 0) is 0 Å². The molecule has 0 spiro atoms. The Labute approximate surface area is 140 Å². The van der Waals surface area contributed by atoms with E-state index in [4.69, 9.17) is 0 Å². The number of benzene rings is 1. The number of likely N-dealkylation sites (tertiary alicyclic amines) is 1. The van der Waals surface area contributed by atoms with Crippen LogP contribution in [0.1, 0.15) is 58.6 Å². The van der Waals surface area contributed by atoms with Gasteiger partial charge >= 0.3 is 6.03 Å². The lowest BCUT2D eigenvalue weighted by Gasteiger charge is -2.37. The maximum atomic E-state index is 13.3. The third kappa shape index (κ3) is 3.39. The maximum Gasteiger partial charge on any atom is 0.320 e. The molecule has 1 aromatic rings. The van der Waals surface area contributed by atoms with Crippen LogP contribution in [0.25, 0.3) is 0 Å². The minimum absolute atomic E-state index is 0.215. The first-order chi connectivity index (χ1) is 11.0. The Bertz CT molecular complexity index is 528. The highest BCUT2D eigenvalue weighted by Crippen LogP contribution is 2.47. The molecule has 126 valence electrons. The number of carbonyl (C=O) groups is 1. The predicted molar refractivity (Wildman–Crippen MR) is 94.2 cm³/mol. The van der Waals surface area contributed by atoms with E-state index in [0.29, 0.717) is 5.92 Å². The van der Waals surface area contributed by atoms with Crippen molar-refractivity contribution in [1.82, 2.24) is 9.80 Å². The highest BCUT2D eigenvalue weighted by molar-refractivity contribution is 5.76. The number of carbonyl (C=O) groups excluding carboxylic acids is 1. The quantitative estimate of drug-likeness (QED) is 0.790. The Kier molecular flexibility index (Phi) is 4.65. The van der Waals surface area contributed by atoms with Gasteiger partial charge in [-0.2, -0.15) is 0 Å². The summed E-state index contributed by atoms with van der Waals surface area (Å²) >= 11 is 0. The van der Waals surface area contributed by atoms with Crippen molar-refractivity contribution in [3.05, 3.63) is 35.9 Å². The summed E-state index contributed by atoms with van der Waals surface area (Å²) in [5, 5.41) is 0. The van der Waals surface area contributed by atoms with Crippen molar-refractivity contribution < 1.29 is 4.79 Å². The molecule has 1 aliphatic carbocycles. The van der Waals surface area contributed by atoms with Gasteiger partial charge in [0.15, 0.2) is 0 Å². The molecule has 0 bridgehead atoms. The van der Waals surface area contributed by atoms with E-state index in [0.717, 1.165) is 18.9 Å². The van der Waals surface area contributed by atoms with E-state index in [1.807, 2.05) is 4.90 Å². The molecule has 3 rings (SSSR count). The van der Waals surface area contributed by atoms with E-state index < -0.39 is 0 Å². The third-order valence-electron chi connectivity index (χ3n) is 5.39. The fourth-order valence-corrected chi connectivity index (χ4v) is 4.17. The van der Waals surface area contributed by atoms with Gasteiger partial charge in [0.25, 0.3) is 0 Å². The van der Waals surface area contributed by atoms with Crippen molar-refractivity contribution in [2.45, 2.75) is 65.1 Å². The number of hydrogen-bond acceptors (Lipinski definition) is 1. The molecule has 3 heteroatoms. The summed E-state index contributed by atoms with van der Waals surface area (Å²) in [5.74, 6) is 1.54. The monoisotopic (exact) mass is 314 g/mol. The Balaban J connectivity index is 1.85. The smallest absolute Gasteiger partial charge is 0.320 e. The second-order valence-corrected chi connectivity index (χ2v) is 7.79. The highest BCUT2D eigenvalue weighted by Gasteiger charge is 2.44. The third-order valence-corrected chi connectivity index (χ3v) is 5.39. The molecule has 0 N–H and O–H groups in total. The van der Waals surface area contributed by atoms with E-state index in [-0.39, 0.29) is 24.2 Å². The summed E-state index contributed by atoms with van der Waals surface area (Å²) in [7, 11) is 0. The molecule has 1 aliphatic heterocycles. The zero-order valence-electron chi connectivity index (χ0n) is 14.9. The normalized spacial score (nSPS) is 24.5. The number of nitrogens with zero attached hydrogens (tertiary/aromatic N) is 2. The van der Waals surface area contributed by atoms with E-state index in [2.05, 4.69) is 62.9 Å². The van der Waals surface area contributed by atoms with Crippen LogP contribution in [0.4, 0.5) is 4.79 Å². The first kappa shape index (κ1) is 16.4. The van der Waals surface area contributed by atoms with Crippen LogP contribution in [0.5, 0.6) is 0 Å². The standard InChI is InChI=1S/C20H30N2O/c1-14(2)22(15(3)4)20(23)21-13-18(16-10-11-16)12-19(21)17-8-6-5-7-9-17/h5-9,14-16,18-19H,10-13H2,1-4H3. The summed E-state index contributed by atoms with van der Waals surface area (Å²) in [6.07, 6.45) is 3.84. The summed E-state index contributed by atoms with van der Waals surface area (Å²) in [4.78, 5) is 17.4.